The van der Waals surface area contributed by atoms with Gasteiger partial charge in [0.25, 0.3) is 0 Å². The third kappa shape index (κ3) is 5.89. The lowest BCUT2D eigenvalue weighted by atomic mass is 10.1. The van der Waals surface area contributed by atoms with Crippen molar-refractivity contribution in [2.75, 3.05) is 13.2 Å². The highest BCUT2D eigenvalue weighted by Crippen LogP contribution is 2.18. The number of rotatable bonds is 9. The molecule has 1 aliphatic rings. The zero-order valence-electron chi connectivity index (χ0n) is 14.9. The maximum atomic E-state index is 12.0. The van der Waals surface area contributed by atoms with Gasteiger partial charge in [-0.2, -0.15) is 0 Å². The smallest absolute Gasteiger partial charge is 0.229 e. The molecule has 2 rings (SSSR count). The van der Waals surface area contributed by atoms with Crippen LogP contribution in [0.1, 0.15) is 45.1 Å². The minimum atomic E-state index is -0.193. The number of para-hydroxylation sites is 1. The van der Waals surface area contributed by atoms with Crippen molar-refractivity contribution in [1.82, 2.24) is 10.2 Å². The molecule has 1 saturated heterocycles. The Morgan fingerprint density at radius 3 is 2.56 bits per heavy atom. The topological polar surface area (TPSA) is 75.7 Å². The minimum Gasteiger partial charge on any atom is -0.493 e. The summed E-state index contributed by atoms with van der Waals surface area (Å²) < 4.78 is 5.80. The second-order valence-electron chi connectivity index (χ2n) is 6.60. The molecule has 0 atom stereocenters. The van der Waals surface area contributed by atoms with E-state index in [-0.39, 0.29) is 43.5 Å². The maximum absolute atomic E-state index is 12.0. The predicted molar refractivity (Wildman–Crippen MR) is 93.8 cm³/mol. The van der Waals surface area contributed by atoms with Gasteiger partial charge < -0.3 is 10.1 Å². The lowest BCUT2D eigenvalue weighted by Crippen LogP contribution is -2.34. The Morgan fingerprint density at radius 1 is 1.20 bits per heavy atom. The van der Waals surface area contributed by atoms with E-state index in [4.69, 9.17) is 4.74 Å². The molecule has 1 aliphatic heterocycles. The van der Waals surface area contributed by atoms with E-state index in [1.807, 2.05) is 24.3 Å². The minimum absolute atomic E-state index is 0.119. The van der Waals surface area contributed by atoms with E-state index in [9.17, 15) is 14.4 Å². The summed E-state index contributed by atoms with van der Waals surface area (Å²) in [6.07, 6.45) is 1.59. The summed E-state index contributed by atoms with van der Waals surface area (Å²) in [7, 11) is 0. The van der Waals surface area contributed by atoms with Crippen molar-refractivity contribution < 1.29 is 19.1 Å². The van der Waals surface area contributed by atoms with Crippen LogP contribution < -0.4 is 10.1 Å². The number of amides is 3. The second kappa shape index (κ2) is 9.20. The molecule has 6 nitrogen and oxygen atoms in total. The summed E-state index contributed by atoms with van der Waals surface area (Å²) >= 11 is 0. The van der Waals surface area contributed by atoms with Gasteiger partial charge in [-0.1, -0.05) is 32.0 Å². The summed E-state index contributed by atoms with van der Waals surface area (Å²) in [5.74, 6) is 0.768. The first-order valence-corrected chi connectivity index (χ1v) is 8.78. The summed E-state index contributed by atoms with van der Waals surface area (Å²) in [5, 5.41) is 2.82. The largest absolute Gasteiger partial charge is 0.493 e. The average Bonchev–Trinajstić information content (AvgIpc) is 2.90. The molecule has 1 N–H and O–H groups in total. The number of benzene rings is 1. The van der Waals surface area contributed by atoms with Gasteiger partial charge in [-0.05, 0) is 18.4 Å². The Balaban J connectivity index is 1.79. The van der Waals surface area contributed by atoms with Gasteiger partial charge >= 0.3 is 0 Å². The maximum Gasteiger partial charge on any atom is 0.229 e. The average molecular weight is 346 g/mol. The van der Waals surface area contributed by atoms with Crippen molar-refractivity contribution in [2.24, 2.45) is 5.92 Å². The van der Waals surface area contributed by atoms with E-state index < -0.39 is 0 Å². The second-order valence-corrected chi connectivity index (χ2v) is 6.60. The van der Waals surface area contributed by atoms with Crippen LogP contribution in [0.4, 0.5) is 0 Å². The Bertz CT molecular complexity index is 612. The zero-order valence-corrected chi connectivity index (χ0v) is 14.9. The number of carbonyl (C=O) groups excluding carboxylic acids is 3. The molecule has 0 saturated carbocycles. The van der Waals surface area contributed by atoms with Crippen LogP contribution in [0.15, 0.2) is 24.3 Å². The van der Waals surface area contributed by atoms with Crippen molar-refractivity contribution in [2.45, 2.75) is 46.1 Å². The third-order valence-corrected chi connectivity index (χ3v) is 4.12. The Labute approximate surface area is 148 Å². The molecule has 0 spiro atoms. The highest BCUT2D eigenvalue weighted by molar-refractivity contribution is 6.02. The number of nitrogens with zero attached hydrogens (tertiary/aromatic N) is 1. The molecule has 3 amide bonds. The van der Waals surface area contributed by atoms with Gasteiger partial charge in [0, 0.05) is 37.9 Å². The van der Waals surface area contributed by atoms with Gasteiger partial charge in [0.15, 0.2) is 0 Å². The number of carbonyl (C=O) groups is 3. The van der Waals surface area contributed by atoms with E-state index in [2.05, 4.69) is 19.2 Å². The lowest BCUT2D eigenvalue weighted by Gasteiger charge is -2.15. The first-order chi connectivity index (χ1) is 12.0. The Morgan fingerprint density at radius 2 is 1.88 bits per heavy atom. The number of nitrogens with one attached hydrogen (secondary N) is 1. The first kappa shape index (κ1) is 19.0. The van der Waals surface area contributed by atoms with Crippen LogP contribution in [0.25, 0.3) is 0 Å². The highest BCUT2D eigenvalue weighted by atomic mass is 16.5. The fraction of sp³-hybridized carbons (Fsp3) is 0.526. The monoisotopic (exact) mass is 346 g/mol. The van der Waals surface area contributed by atoms with Crippen molar-refractivity contribution in [3.8, 4) is 5.75 Å². The molecule has 136 valence electrons. The number of likely N-dealkylation sites (tertiary alicyclic amines) is 1. The molecule has 0 aliphatic carbocycles. The van der Waals surface area contributed by atoms with Crippen molar-refractivity contribution >= 4 is 17.7 Å². The standard InChI is InChI=1S/C19H26N2O4/c1-14(2)10-12-25-16-6-4-3-5-15(16)13-20-17(22)9-11-21-18(23)7-8-19(21)24/h3-6,14H,7-13H2,1-2H3,(H,20,22). The van der Waals surface area contributed by atoms with Gasteiger partial charge in [-0.25, -0.2) is 0 Å². The third-order valence-electron chi connectivity index (χ3n) is 4.12. The molecule has 1 aromatic rings. The molecule has 0 bridgehead atoms. The molecule has 0 unspecified atom stereocenters. The lowest BCUT2D eigenvalue weighted by molar-refractivity contribution is -0.138. The Kier molecular flexibility index (Phi) is 6.98. The van der Waals surface area contributed by atoms with Gasteiger partial charge in [0.05, 0.1) is 6.61 Å². The van der Waals surface area contributed by atoms with Gasteiger partial charge in [-0.3, -0.25) is 19.3 Å². The number of hydrogen-bond acceptors (Lipinski definition) is 4. The molecule has 1 heterocycles. The van der Waals surface area contributed by atoms with E-state index in [1.165, 1.54) is 4.90 Å². The highest BCUT2D eigenvalue weighted by Gasteiger charge is 2.28. The molecule has 0 radical (unpaired) electrons. The van der Waals surface area contributed by atoms with Crippen LogP contribution in [0.2, 0.25) is 0 Å². The van der Waals surface area contributed by atoms with E-state index in [0.29, 0.717) is 19.1 Å². The van der Waals surface area contributed by atoms with Gasteiger partial charge in [0.1, 0.15) is 5.75 Å². The van der Waals surface area contributed by atoms with Gasteiger partial charge in [0.2, 0.25) is 17.7 Å². The van der Waals surface area contributed by atoms with Crippen LogP contribution in [0.3, 0.4) is 0 Å². The predicted octanol–water partition coefficient (Wildman–Crippen LogP) is 2.27. The fourth-order valence-corrected chi connectivity index (χ4v) is 2.56. The Hall–Kier alpha value is -2.37. The molecule has 0 aromatic heterocycles. The normalized spacial score (nSPS) is 14.3. The molecule has 1 aromatic carbocycles. The van der Waals surface area contributed by atoms with Crippen LogP contribution in [0, 0.1) is 5.92 Å². The zero-order chi connectivity index (χ0) is 18.2. The summed E-state index contributed by atoms with van der Waals surface area (Å²) in [4.78, 5) is 36.2. The van der Waals surface area contributed by atoms with E-state index in [1.54, 1.807) is 0 Å². The van der Waals surface area contributed by atoms with Gasteiger partial charge in [-0.15, -0.1) is 0 Å². The number of hydrogen-bond donors (Lipinski definition) is 1. The van der Waals surface area contributed by atoms with Crippen molar-refractivity contribution in [1.29, 1.82) is 0 Å². The fourth-order valence-electron chi connectivity index (χ4n) is 2.56. The number of imide groups is 1. The first-order valence-electron chi connectivity index (χ1n) is 8.78. The van der Waals surface area contributed by atoms with E-state index >= 15 is 0 Å². The van der Waals surface area contributed by atoms with Crippen molar-refractivity contribution in [3.63, 3.8) is 0 Å². The van der Waals surface area contributed by atoms with Crippen molar-refractivity contribution in [3.05, 3.63) is 29.8 Å². The molecular weight excluding hydrogens is 320 g/mol. The van der Waals surface area contributed by atoms with Crippen LogP contribution in [-0.2, 0) is 20.9 Å². The van der Waals surface area contributed by atoms with E-state index in [0.717, 1.165) is 17.7 Å². The van der Waals surface area contributed by atoms with Crippen LogP contribution in [0.5, 0.6) is 5.75 Å². The SMILES string of the molecule is CC(C)CCOc1ccccc1CNC(=O)CCN1C(=O)CCC1=O. The van der Waals surface area contributed by atoms with Crippen LogP contribution in [-0.4, -0.2) is 35.8 Å². The quantitative estimate of drug-likeness (QED) is 0.696. The number of ether oxygens (including phenoxy) is 1. The van der Waals surface area contributed by atoms with Crippen LogP contribution >= 0.6 is 0 Å². The molecule has 6 heteroatoms. The molecule has 1 fully saturated rings. The summed E-state index contributed by atoms with van der Waals surface area (Å²) in [5.41, 5.74) is 0.910. The summed E-state index contributed by atoms with van der Waals surface area (Å²) in [6.45, 7) is 5.44. The molecular formula is C19H26N2O4. The summed E-state index contributed by atoms with van der Waals surface area (Å²) in [6, 6.07) is 7.61. The molecule has 25 heavy (non-hydrogen) atoms.